The van der Waals surface area contributed by atoms with E-state index in [1.807, 2.05) is 24.3 Å². The zero-order valence-electron chi connectivity index (χ0n) is 15.0. The molecule has 1 saturated heterocycles. The van der Waals surface area contributed by atoms with Crippen LogP contribution in [0.3, 0.4) is 0 Å². The lowest BCUT2D eigenvalue weighted by Gasteiger charge is -2.30. The van der Waals surface area contributed by atoms with Crippen LogP contribution in [0.4, 0.5) is 0 Å². The number of benzene rings is 1. The molecule has 1 heterocycles. The highest BCUT2D eigenvalue weighted by Gasteiger charge is 2.23. The van der Waals surface area contributed by atoms with Crippen LogP contribution in [-0.2, 0) is 9.47 Å². The summed E-state index contributed by atoms with van der Waals surface area (Å²) in [4.78, 5) is 0. The fourth-order valence-electron chi connectivity index (χ4n) is 3.18. The maximum atomic E-state index is 8.84. The Morgan fingerprint density at radius 3 is 2.17 bits per heavy atom. The number of unbranched alkanes of at least 4 members (excludes halogenated alkanes) is 7. The second-order valence-electron chi connectivity index (χ2n) is 6.77. The normalized spacial score (nSPS) is 20.7. The van der Waals surface area contributed by atoms with Gasteiger partial charge >= 0.3 is 0 Å². The Morgan fingerprint density at radius 1 is 0.917 bits per heavy atom. The molecule has 2 rings (SSSR count). The van der Waals surface area contributed by atoms with Gasteiger partial charge in [-0.05, 0) is 24.1 Å². The molecule has 0 N–H and O–H groups in total. The van der Waals surface area contributed by atoms with Gasteiger partial charge in [-0.1, -0.05) is 70.4 Å². The summed E-state index contributed by atoms with van der Waals surface area (Å²) in [6.07, 6.45) is 12.1. The van der Waals surface area contributed by atoms with Gasteiger partial charge in [0.2, 0.25) is 0 Å². The minimum Gasteiger partial charge on any atom is -0.373 e. The summed E-state index contributed by atoms with van der Waals surface area (Å²) in [6, 6.07) is 9.74. The molecule has 1 aliphatic rings. The van der Waals surface area contributed by atoms with E-state index in [1.165, 1.54) is 51.4 Å². The molecule has 1 aromatic carbocycles. The Bertz CT molecular complexity index is 484. The van der Waals surface area contributed by atoms with Gasteiger partial charge in [-0.3, -0.25) is 0 Å². The van der Waals surface area contributed by atoms with Gasteiger partial charge in [0.05, 0.1) is 31.0 Å². The summed E-state index contributed by atoms with van der Waals surface area (Å²) < 4.78 is 11.9. The molecule has 24 heavy (non-hydrogen) atoms. The van der Waals surface area contributed by atoms with Crippen LogP contribution < -0.4 is 0 Å². The molecule has 2 atom stereocenters. The Hall–Kier alpha value is -1.37. The van der Waals surface area contributed by atoms with Crippen molar-refractivity contribution in [1.29, 1.82) is 5.26 Å². The van der Waals surface area contributed by atoms with Gasteiger partial charge in [0.25, 0.3) is 0 Å². The molecule has 0 amide bonds. The van der Waals surface area contributed by atoms with E-state index in [2.05, 4.69) is 13.0 Å². The number of nitrogens with zero attached hydrogens (tertiary/aromatic N) is 1. The fourth-order valence-corrected chi connectivity index (χ4v) is 3.18. The molecule has 0 bridgehead atoms. The summed E-state index contributed by atoms with van der Waals surface area (Å²) >= 11 is 0. The van der Waals surface area contributed by atoms with Crippen LogP contribution >= 0.6 is 0 Å². The smallest absolute Gasteiger partial charge is 0.106 e. The van der Waals surface area contributed by atoms with E-state index in [-0.39, 0.29) is 12.2 Å². The lowest BCUT2D eigenvalue weighted by atomic mass is 10.0. The van der Waals surface area contributed by atoms with Crippen LogP contribution in [-0.4, -0.2) is 19.3 Å². The molecular weight excluding hydrogens is 298 g/mol. The highest BCUT2D eigenvalue weighted by molar-refractivity contribution is 5.32. The first kappa shape index (κ1) is 19.0. The molecular formula is C21H31NO2. The first-order valence-corrected chi connectivity index (χ1v) is 9.56. The van der Waals surface area contributed by atoms with Crippen molar-refractivity contribution in [2.75, 3.05) is 13.2 Å². The van der Waals surface area contributed by atoms with Crippen LogP contribution in [0.5, 0.6) is 0 Å². The lowest BCUT2D eigenvalue weighted by molar-refractivity contribution is -0.137. The van der Waals surface area contributed by atoms with Gasteiger partial charge in [0, 0.05) is 0 Å². The van der Waals surface area contributed by atoms with Crippen molar-refractivity contribution >= 4 is 0 Å². The molecule has 0 spiro atoms. The maximum Gasteiger partial charge on any atom is 0.106 e. The SMILES string of the molecule is CCCCCCCCCCC1COC(c2ccc(C#N)cc2)CO1. The minimum absolute atomic E-state index is 0.00700. The standard InChI is InChI=1S/C21H31NO2/c1-2-3-4-5-6-7-8-9-10-20-16-24-21(17-23-20)19-13-11-18(15-22)12-14-19/h11-14,20-21H,2-10,16-17H2,1H3. The second kappa shape index (κ2) is 11.2. The average molecular weight is 329 g/mol. The number of hydrogen-bond acceptors (Lipinski definition) is 3. The zero-order chi connectivity index (χ0) is 17.0. The molecule has 1 aromatic rings. The van der Waals surface area contributed by atoms with Gasteiger partial charge < -0.3 is 9.47 Å². The molecule has 132 valence electrons. The molecule has 0 saturated carbocycles. The summed E-state index contributed by atoms with van der Waals surface area (Å²) in [7, 11) is 0. The van der Waals surface area contributed by atoms with E-state index in [0.29, 0.717) is 18.8 Å². The van der Waals surface area contributed by atoms with Gasteiger partial charge in [-0.25, -0.2) is 0 Å². The first-order valence-electron chi connectivity index (χ1n) is 9.56. The molecule has 3 heteroatoms. The maximum absolute atomic E-state index is 8.84. The zero-order valence-corrected chi connectivity index (χ0v) is 15.0. The van der Waals surface area contributed by atoms with Gasteiger partial charge in [0.15, 0.2) is 0 Å². The fraction of sp³-hybridized carbons (Fsp3) is 0.667. The number of ether oxygens (including phenoxy) is 2. The number of rotatable bonds is 10. The summed E-state index contributed by atoms with van der Waals surface area (Å²) in [6.45, 7) is 3.56. The average Bonchev–Trinajstić information content (AvgIpc) is 2.64. The first-order chi connectivity index (χ1) is 11.8. The quantitative estimate of drug-likeness (QED) is 0.529. The highest BCUT2D eigenvalue weighted by atomic mass is 16.6. The third-order valence-corrected chi connectivity index (χ3v) is 4.76. The van der Waals surface area contributed by atoms with Crippen LogP contribution in [0.15, 0.2) is 24.3 Å². The van der Waals surface area contributed by atoms with E-state index in [0.717, 1.165) is 12.0 Å². The molecule has 2 unspecified atom stereocenters. The Labute approximate surface area is 147 Å². The molecule has 0 aliphatic carbocycles. The molecule has 0 radical (unpaired) electrons. The topological polar surface area (TPSA) is 42.2 Å². The third-order valence-electron chi connectivity index (χ3n) is 4.76. The molecule has 0 aromatic heterocycles. The Kier molecular flexibility index (Phi) is 8.87. The lowest BCUT2D eigenvalue weighted by Crippen LogP contribution is -2.31. The van der Waals surface area contributed by atoms with E-state index < -0.39 is 0 Å². The van der Waals surface area contributed by atoms with E-state index in [9.17, 15) is 0 Å². The van der Waals surface area contributed by atoms with Gasteiger partial charge in [-0.2, -0.15) is 5.26 Å². The Balaban J connectivity index is 1.55. The van der Waals surface area contributed by atoms with Crippen LogP contribution in [0.1, 0.15) is 81.9 Å². The molecule has 1 fully saturated rings. The minimum atomic E-state index is 0.00700. The van der Waals surface area contributed by atoms with Gasteiger partial charge in [-0.15, -0.1) is 0 Å². The van der Waals surface area contributed by atoms with Crippen LogP contribution in [0.25, 0.3) is 0 Å². The summed E-state index contributed by atoms with van der Waals surface area (Å²) in [5.41, 5.74) is 1.78. The summed E-state index contributed by atoms with van der Waals surface area (Å²) in [5, 5.41) is 8.84. The Morgan fingerprint density at radius 2 is 1.58 bits per heavy atom. The largest absolute Gasteiger partial charge is 0.373 e. The van der Waals surface area contributed by atoms with E-state index in [1.54, 1.807) is 0 Å². The monoisotopic (exact) mass is 329 g/mol. The predicted molar refractivity (Wildman–Crippen MR) is 96.8 cm³/mol. The van der Waals surface area contributed by atoms with Gasteiger partial charge in [0.1, 0.15) is 6.10 Å². The van der Waals surface area contributed by atoms with E-state index in [4.69, 9.17) is 14.7 Å². The molecule has 1 aliphatic heterocycles. The highest BCUT2D eigenvalue weighted by Crippen LogP contribution is 2.25. The second-order valence-corrected chi connectivity index (χ2v) is 6.77. The van der Waals surface area contributed by atoms with Crippen molar-refractivity contribution in [3.05, 3.63) is 35.4 Å². The number of hydrogen-bond donors (Lipinski definition) is 0. The predicted octanol–water partition coefficient (Wildman–Crippen LogP) is 5.55. The van der Waals surface area contributed by atoms with Crippen molar-refractivity contribution in [2.24, 2.45) is 0 Å². The van der Waals surface area contributed by atoms with Crippen molar-refractivity contribution in [2.45, 2.75) is 76.9 Å². The van der Waals surface area contributed by atoms with E-state index >= 15 is 0 Å². The molecule has 3 nitrogen and oxygen atoms in total. The van der Waals surface area contributed by atoms with Crippen molar-refractivity contribution in [3.63, 3.8) is 0 Å². The number of nitriles is 1. The summed E-state index contributed by atoms with van der Waals surface area (Å²) in [5.74, 6) is 0. The van der Waals surface area contributed by atoms with Crippen molar-refractivity contribution in [3.8, 4) is 6.07 Å². The van der Waals surface area contributed by atoms with Crippen LogP contribution in [0, 0.1) is 11.3 Å². The van der Waals surface area contributed by atoms with Crippen molar-refractivity contribution in [1.82, 2.24) is 0 Å². The van der Waals surface area contributed by atoms with Crippen molar-refractivity contribution < 1.29 is 9.47 Å². The third kappa shape index (κ3) is 6.63. The van der Waals surface area contributed by atoms with Crippen LogP contribution in [0.2, 0.25) is 0 Å².